The lowest BCUT2D eigenvalue weighted by Crippen LogP contribution is -2.37. The van der Waals surface area contributed by atoms with Gasteiger partial charge in [-0.3, -0.25) is 14.6 Å². The number of Topliss-reactive ketones (excluding diaryl/α,β-unsaturated/α-hetero) is 1. The molecule has 29 heavy (non-hydrogen) atoms. The summed E-state index contributed by atoms with van der Waals surface area (Å²) >= 11 is 0. The Bertz CT molecular complexity index is 862. The largest absolute Gasteiger partial charge is 0.463 e. The average molecular weight is 405 g/mol. The van der Waals surface area contributed by atoms with Crippen molar-refractivity contribution in [3.05, 3.63) is 46.7 Å². The van der Waals surface area contributed by atoms with Gasteiger partial charge in [-0.25, -0.2) is 8.78 Å². The third kappa shape index (κ3) is 4.61. The van der Waals surface area contributed by atoms with Crippen molar-refractivity contribution in [3.8, 4) is 0 Å². The molecule has 2 aliphatic rings. The van der Waals surface area contributed by atoms with E-state index in [4.69, 9.17) is 9.47 Å². The number of ketones is 1. The standard InChI is InChI=1S/C22H25F2NO4/c1-3-9-28-10-11-29-22(27)19-13(2)25-17-5-4-6-18(26)21(17)20(19)14-7-8-15(23)16(24)12-14/h7-8,12,19-20H,3-6,9-11H2,1-2H3/t19?,20-/m1/s1. The van der Waals surface area contributed by atoms with Crippen LogP contribution in [0.2, 0.25) is 0 Å². The van der Waals surface area contributed by atoms with E-state index in [9.17, 15) is 18.4 Å². The molecular weight excluding hydrogens is 380 g/mol. The van der Waals surface area contributed by atoms with Gasteiger partial charge in [0.2, 0.25) is 0 Å². The quantitative estimate of drug-likeness (QED) is 0.506. The molecule has 2 atom stereocenters. The first-order valence-corrected chi connectivity index (χ1v) is 9.94. The number of ether oxygens (including phenoxy) is 2. The summed E-state index contributed by atoms with van der Waals surface area (Å²) in [4.78, 5) is 30.1. The second-order valence-corrected chi connectivity index (χ2v) is 7.30. The van der Waals surface area contributed by atoms with Crippen molar-refractivity contribution in [2.45, 2.75) is 45.4 Å². The molecule has 1 aliphatic heterocycles. The minimum absolute atomic E-state index is 0.0764. The summed E-state index contributed by atoms with van der Waals surface area (Å²) in [5, 5.41) is 0. The van der Waals surface area contributed by atoms with Crippen LogP contribution in [0.5, 0.6) is 0 Å². The van der Waals surface area contributed by atoms with Gasteiger partial charge in [0.25, 0.3) is 0 Å². The highest BCUT2D eigenvalue weighted by atomic mass is 19.2. The van der Waals surface area contributed by atoms with E-state index < -0.39 is 29.4 Å². The average Bonchev–Trinajstić information content (AvgIpc) is 2.69. The summed E-state index contributed by atoms with van der Waals surface area (Å²) in [5.41, 5.74) is 1.92. The number of benzene rings is 1. The second kappa shape index (κ2) is 9.39. The third-order valence-corrected chi connectivity index (χ3v) is 5.21. The van der Waals surface area contributed by atoms with Crippen LogP contribution in [0, 0.1) is 17.6 Å². The Morgan fingerprint density at radius 3 is 2.69 bits per heavy atom. The van der Waals surface area contributed by atoms with Crippen LogP contribution in [-0.2, 0) is 19.1 Å². The molecule has 0 saturated heterocycles. The highest BCUT2D eigenvalue weighted by Gasteiger charge is 2.43. The maximum absolute atomic E-state index is 14.0. The number of aliphatic imine (C=N–C) groups is 1. The molecule has 0 fully saturated rings. The third-order valence-electron chi connectivity index (χ3n) is 5.21. The molecule has 156 valence electrons. The molecule has 1 aromatic carbocycles. The first-order valence-electron chi connectivity index (χ1n) is 9.94. The van der Waals surface area contributed by atoms with Gasteiger partial charge in [-0.05, 0) is 43.9 Å². The molecule has 7 heteroatoms. The topological polar surface area (TPSA) is 65.0 Å². The maximum atomic E-state index is 14.0. The number of hydrogen-bond donors (Lipinski definition) is 0. The van der Waals surface area contributed by atoms with Crippen LogP contribution in [0.1, 0.15) is 51.0 Å². The maximum Gasteiger partial charge on any atom is 0.315 e. The molecule has 0 spiro atoms. The smallest absolute Gasteiger partial charge is 0.315 e. The number of nitrogens with zero attached hydrogens (tertiary/aromatic N) is 1. The van der Waals surface area contributed by atoms with Gasteiger partial charge < -0.3 is 9.47 Å². The van der Waals surface area contributed by atoms with Crippen molar-refractivity contribution >= 4 is 17.5 Å². The van der Waals surface area contributed by atoms with E-state index in [-0.39, 0.29) is 19.0 Å². The van der Waals surface area contributed by atoms with Crippen LogP contribution >= 0.6 is 0 Å². The first-order chi connectivity index (χ1) is 13.9. The summed E-state index contributed by atoms with van der Waals surface area (Å²) in [5.74, 6) is -4.27. The van der Waals surface area contributed by atoms with E-state index in [0.717, 1.165) is 18.6 Å². The number of carbonyl (C=O) groups excluding carboxylic acids is 2. The lowest BCUT2D eigenvalue weighted by atomic mass is 9.72. The normalized spacial score (nSPS) is 21.7. The molecule has 0 radical (unpaired) electrons. The fraction of sp³-hybridized carbons (Fsp3) is 0.500. The fourth-order valence-electron chi connectivity index (χ4n) is 3.91. The minimum atomic E-state index is -1.02. The van der Waals surface area contributed by atoms with E-state index >= 15 is 0 Å². The summed E-state index contributed by atoms with van der Waals surface area (Å²) in [6.45, 7) is 4.60. The van der Waals surface area contributed by atoms with Crippen molar-refractivity contribution in [1.29, 1.82) is 0 Å². The first kappa shape index (κ1) is 21.3. The monoisotopic (exact) mass is 405 g/mol. The van der Waals surface area contributed by atoms with Gasteiger partial charge in [0, 0.05) is 35.9 Å². The Morgan fingerprint density at radius 2 is 1.97 bits per heavy atom. The predicted molar refractivity (Wildman–Crippen MR) is 104 cm³/mol. The molecule has 3 rings (SSSR count). The molecule has 1 unspecified atom stereocenters. The summed E-state index contributed by atoms with van der Waals surface area (Å²) < 4.78 is 38.2. The Balaban J connectivity index is 1.93. The molecular formula is C22H25F2NO4. The van der Waals surface area contributed by atoms with Crippen LogP contribution in [0.4, 0.5) is 8.78 Å². The van der Waals surface area contributed by atoms with Gasteiger partial charge in [-0.1, -0.05) is 13.0 Å². The van der Waals surface area contributed by atoms with Gasteiger partial charge in [0.15, 0.2) is 17.4 Å². The zero-order valence-electron chi connectivity index (χ0n) is 16.7. The lowest BCUT2D eigenvalue weighted by Gasteiger charge is -2.34. The molecule has 1 heterocycles. The number of hydrogen-bond acceptors (Lipinski definition) is 5. The predicted octanol–water partition coefficient (Wildman–Crippen LogP) is 4.12. The van der Waals surface area contributed by atoms with Gasteiger partial charge >= 0.3 is 5.97 Å². The molecule has 5 nitrogen and oxygen atoms in total. The summed E-state index contributed by atoms with van der Waals surface area (Å²) in [6.07, 6.45) is 2.51. The number of carbonyl (C=O) groups is 2. The van der Waals surface area contributed by atoms with Crippen molar-refractivity contribution in [3.63, 3.8) is 0 Å². The lowest BCUT2D eigenvalue weighted by molar-refractivity contribution is -0.148. The molecule has 0 bridgehead atoms. The molecule has 0 amide bonds. The van der Waals surface area contributed by atoms with Gasteiger partial charge in [0.1, 0.15) is 12.5 Å². The Kier molecular flexibility index (Phi) is 6.90. The molecule has 0 saturated carbocycles. The van der Waals surface area contributed by atoms with Crippen LogP contribution in [-0.4, -0.2) is 37.3 Å². The SMILES string of the molecule is CCCOCCOC(=O)C1C(C)=NC2=C(C(=O)CCC2)[C@@H]1c1ccc(F)c(F)c1. The zero-order chi connectivity index (χ0) is 21.0. The van der Waals surface area contributed by atoms with E-state index in [1.165, 1.54) is 6.07 Å². The molecule has 0 aromatic heterocycles. The Hall–Kier alpha value is -2.41. The molecule has 1 aliphatic carbocycles. The Labute approximate surface area is 168 Å². The molecule has 1 aromatic rings. The van der Waals surface area contributed by atoms with Gasteiger partial charge in [-0.2, -0.15) is 0 Å². The van der Waals surface area contributed by atoms with Crippen LogP contribution < -0.4 is 0 Å². The highest BCUT2D eigenvalue weighted by Crippen LogP contribution is 2.43. The zero-order valence-corrected chi connectivity index (χ0v) is 16.7. The van der Waals surface area contributed by atoms with Crippen LogP contribution in [0.3, 0.4) is 0 Å². The van der Waals surface area contributed by atoms with Gasteiger partial charge in [-0.15, -0.1) is 0 Å². The highest BCUT2D eigenvalue weighted by molar-refractivity contribution is 6.08. The van der Waals surface area contributed by atoms with E-state index in [1.54, 1.807) is 6.92 Å². The van der Waals surface area contributed by atoms with Crippen molar-refractivity contribution in [2.24, 2.45) is 10.9 Å². The fourth-order valence-corrected chi connectivity index (χ4v) is 3.91. The number of allylic oxidation sites excluding steroid dienone is 2. The summed E-state index contributed by atoms with van der Waals surface area (Å²) in [7, 11) is 0. The Morgan fingerprint density at radius 1 is 1.17 bits per heavy atom. The van der Waals surface area contributed by atoms with Crippen LogP contribution in [0.15, 0.2) is 34.5 Å². The van der Waals surface area contributed by atoms with Crippen molar-refractivity contribution in [1.82, 2.24) is 0 Å². The van der Waals surface area contributed by atoms with Crippen molar-refractivity contribution in [2.75, 3.05) is 19.8 Å². The second-order valence-electron chi connectivity index (χ2n) is 7.30. The van der Waals surface area contributed by atoms with E-state index in [1.807, 2.05) is 6.92 Å². The van der Waals surface area contributed by atoms with Crippen LogP contribution in [0.25, 0.3) is 0 Å². The van der Waals surface area contributed by atoms with E-state index in [2.05, 4.69) is 4.99 Å². The van der Waals surface area contributed by atoms with Gasteiger partial charge in [0.05, 0.1) is 6.61 Å². The number of esters is 1. The number of halogens is 2. The number of rotatable bonds is 7. The summed E-state index contributed by atoms with van der Waals surface area (Å²) in [6, 6.07) is 3.48. The van der Waals surface area contributed by atoms with E-state index in [0.29, 0.717) is 48.4 Å². The minimum Gasteiger partial charge on any atom is -0.463 e. The molecule has 0 N–H and O–H groups in total. The van der Waals surface area contributed by atoms with Crippen molar-refractivity contribution < 1.29 is 27.8 Å².